The number of ether oxygens (including phenoxy) is 1. The molecule has 0 fully saturated rings. The van der Waals surface area contributed by atoms with Gasteiger partial charge in [-0.25, -0.2) is 0 Å². The lowest BCUT2D eigenvalue weighted by molar-refractivity contribution is -0.121. The zero-order valence-electron chi connectivity index (χ0n) is 13.0. The molecule has 0 heterocycles. The van der Waals surface area contributed by atoms with Crippen molar-refractivity contribution in [3.63, 3.8) is 0 Å². The van der Waals surface area contributed by atoms with Gasteiger partial charge in [0.2, 0.25) is 5.91 Å². The highest BCUT2D eigenvalue weighted by Gasteiger charge is 2.10. The first-order chi connectivity index (χ1) is 10.1. The molecule has 114 valence electrons. The van der Waals surface area contributed by atoms with Gasteiger partial charge in [0, 0.05) is 5.69 Å². The summed E-state index contributed by atoms with van der Waals surface area (Å²) in [6.45, 7) is 4.17. The zero-order valence-corrected chi connectivity index (χ0v) is 13.0. The van der Waals surface area contributed by atoms with Crippen LogP contribution in [0.1, 0.15) is 43.2 Å². The maximum atomic E-state index is 12.0. The molecule has 1 amide bonds. The number of carbonyl (C=O) groups is 1. The molecule has 0 saturated carbocycles. The molecule has 3 heteroatoms. The molecular weight excluding hydrogens is 262 g/mol. The van der Waals surface area contributed by atoms with E-state index in [1.807, 2.05) is 26.0 Å². The number of benzene rings is 1. The monoisotopic (exact) mass is 287 g/mol. The first-order valence-electron chi connectivity index (χ1n) is 7.80. The van der Waals surface area contributed by atoms with Crippen molar-refractivity contribution in [1.29, 1.82) is 0 Å². The molecule has 1 N–H and O–H groups in total. The van der Waals surface area contributed by atoms with Crippen LogP contribution in [-0.4, -0.2) is 18.6 Å². The molecule has 1 aliphatic rings. The van der Waals surface area contributed by atoms with Crippen molar-refractivity contribution in [2.75, 3.05) is 11.9 Å². The number of amides is 1. The standard InChI is InChI=1S/C18H25NO2/c1-14-10-15(2)12-16(11-14)19-18(20)13-21-17-8-6-4-3-5-7-9-17/h6,8,10-12,17H,3-5,7,9,13H2,1-2H3,(H,19,20). The number of hydrogen-bond donors (Lipinski definition) is 1. The summed E-state index contributed by atoms with van der Waals surface area (Å²) in [4.78, 5) is 12.0. The lowest BCUT2D eigenvalue weighted by Crippen LogP contribution is -2.22. The van der Waals surface area contributed by atoms with Gasteiger partial charge >= 0.3 is 0 Å². The molecule has 0 aromatic heterocycles. The van der Waals surface area contributed by atoms with Gasteiger partial charge in [0.1, 0.15) is 6.61 Å². The Morgan fingerprint density at radius 1 is 1.19 bits per heavy atom. The molecule has 0 spiro atoms. The first-order valence-corrected chi connectivity index (χ1v) is 7.80. The average Bonchev–Trinajstić information content (AvgIpc) is 2.36. The van der Waals surface area contributed by atoms with E-state index in [0.29, 0.717) is 0 Å². The Morgan fingerprint density at radius 3 is 2.71 bits per heavy atom. The summed E-state index contributed by atoms with van der Waals surface area (Å²) in [5, 5.41) is 2.90. The number of aryl methyl sites for hydroxylation is 2. The molecule has 3 nitrogen and oxygen atoms in total. The predicted molar refractivity (Wildman–Crippen MR) is 86.5 cm³/mol. The zero-order chi connectivity index (χ0) is 15.1. The Labute approximate surface area is 127 Å². The summed E-state index contributed by atoms with van der Waals surface area (Å²) >= 11 is 0. The second-order valence-corrected chi connectivity index (χ2v) is 5.84. The van der Waals surface area contributed by atoms with Crippen molar-refractivity contribution >= 4 is 11.6 Å². The van der Waals surface area contributed by atoms with Gasteiger partial charge in [0.25, 0.3) is 0 Å². The van der Waals surface area contributed by atoms with Crippen LogP contribution in [-0.2, 0) is 9.53 Å². The van der Waals surface area contributed by atoms with Crippen LogP contribution in [0.4, 0.5) is 5.69 Å². The van der Waals surface area contributed by atoms with Crippen LogP contribution < -0.4 is 5.32 Å². The molecule has 1 unspecified atom stereocenters. The van der Waals surface area contributed by atoms with E-state index in [-0.39, 0.29) is 18.6 Å². The van der Waals surface area contributed by atoms with E-state index in [1.165, 1.54) is 19.3 Å². The number of hydrogen-bond acceptors (Lipinski definition) is 2. The van der Waals surface area contributed by atoms with Crippen LogP contribution in [0.3, 0.4) is 0 Å². The summed E-state index contributed by atoms with van der Waals surface area (Å²) in [7, 11) is 0. The third kappa shape index (κ3) is 5.72. The minimum atomic E-state index is -0.0875. The van der Waals surface area contributed by atoms with E-state index < -0.39 is 0 Å². The Bertz CT molecular complexity index is 488. The van der Waals surface area contributed by atoms with Crippen molar-refractivity contribution in [3.8, 4) is 0 Å². The summed E-state index contributed by atoms with van der Waals surface area (Å²) in [5.41, 5.74) is 3.14. The van der Waals surface area contributed by atoms with Crippen LogP contribution in [0.5, 0.6) is 0 Å². The molecule has 1 atom stereocenters. The summed E-state index contributed by atoms with van der Waals surface area (Å²) in [6, 6.07) is 6.03. The maximum absolute atomic E-state index is 12.0. The van der Waals surface area contributed by atoms with E-state index in [1.54, 1.807) is 0 Å². The number of anilines is 1. The highest BCUT2D eigenvalue weighted by atomic mass is 16.5. The van der Waals surface area contributed by atoms with E-state index in [9.17, 15) is 4.79 Å². The number of carbonyl (C=O) groups excluding carboxylic acids is 1. The van der Waals surface area contributed by atoms with Gasteiger partial charge in [-0.3, -0.25) is 4.79 Å². The SMILES string of the molecule is Cc1cc(C)cc(NC(=O)COC2C=CCCCCC2)c1. The van der Waals surface area contributed by atoms with Crippen molar-refractivity contribution in [3.05, 3.63) is 41.5 Å². The fourth-order valence-corrected chi connectivity index (χ4v) is 2.69. The Hall–Kier alpha value is -1.61. The Kier molecular flexibility index (Phi) is 6.00. The van der Waals surface area contributed by atoms with Gasteiger partial charge in [0.15, 0.2) is 0 Å². The molecule has 0 aliphatic heterocycles. The van der Waals surface area contributed by atoms with Crippen molar-refractivity contribution in [2.24, 2.45) is 0 Å². The van der Waals surface area contributed by atoms with Gasteiger partial charge in [-0.1, -0.05) is 31.1 Å². The highest BCUT2D eigenvalue weighted by molar-refractivity contribution is 5.91. The topological polar surface area (TPSA) is 38.3 Å². The maximum Gasteiger partial charge on any atom is 0.250 e. The van der Waals surface area contributed by atoms with Crippen molar-refractivity contribution < 1.29 is 9.53 Å². The van der Waals surface area contributed by atoms with Crippen LogP contribution >= 0.6 is 0 Å². The van der Waals surface area contributed by atoms with Gasteiger partial charge in [-0.05, 0) is 56.4 Å². The first kappa shape index (κ1) is 15.8. The van der Waals surface area contributed by atoms with E-state index >= 15 is 0 Å². The molecule has 1 aromatic carbocycles. The molecule has 0 bridgehead atoms. The van der Waals surface area contributed by atoms with Crippen LogP contribution in [0.25, 0.3) is 0 Å². The Morgan fingerprint density at radius 2 is 1.95 bits per heavy atom. The molecule has 1 aromatic rings. The van der Waals surface area contributed by atoms with E-state index in [0.717, 1.165) is 29.7 Å². The largest absolute Gasteiger partial charge is 0.364 e. The molecular formula is C18H25NO2. The molecule has 2 rings (SSSR count). The number of rotatable bonds is 4. The fraction of sp³-hybridized carbons (Fsp3) is 0.500. The molecule has 0 saturated heterocycles. The normalized spacial score (nSPS) is 18.9. The van der Waals surface area contributed by atoms with Gasteiger partial charge < -0.3 is 10.1 Å². The van der Waals surface area contributed by atoms with Gasteiger partial charge in [-0.2, -0.15) is 0 Å². The quantitative estimate of drug-likeness (QED) is 0.845. The highest BCUT2D eigenvalue weighted by Crippen LogP contribution is 2.15. The third-order valence-electron chi connectivity index (χ3n) is 3.64. The van der Waals surface area contributed by atoms with E-state index in [4.69, 9.17) is 4.74 Å². The van der Waals surface area contributed by atoms with Crippen LogP contribution in [0.2, 0.25) is 0 Å². The minimum absolute atomic E-state index is 0.0790. The molecule has 0 radical (unpaired) electrons. The average molecular weight is 287 g/mol. The second kappa shape index (κ2) is 7.99. The smallest absolute Gasteiger partial charge is 0.250 e. The van der Waals surface area contributed by atoms with E-state index in [2.05, 4.69) is 23.5 Å². The van der Waals surface area contributed by atoms with Gasteiger partial charge in [-0.15, -0.1) is 0 Å². The molecule has 1 aliphatic carbocycles. The second-order valence-electron chi connectivity index (χ2n) is 5.84. The number of nitrogens with one attached hydrogen (secondary N) is 1. The predicted octanol–water partition coefficient (Wildman–Crippen LogP) is 4.15. The van der Waals surface area contributed by atoms with Crippen molar-refractivity contribution in [2.45, 2.75) is 52.1 Å². The fourth-order valence-electron chi connectivity index (χ4n) is 2.69. The lowest BCUT2D eigenvalue weighted by Gasteiger charge is -2.16. The Balaban J connectivity index is 1.82. The van der Waals surface area contributed by atoms with Crippen molar-refractivity contribution in [1.82, 2.24) is 0 Å². The van der Waals surface area contributed by atoms with Crippen LogP contribution in [0.15, 0.2) is 30.4 Å². The minimum Gasteiger partial charge on any atom is -0.364 e. The summed E-state index contributed by atoms with van der Waals surface area (Å²) < 4.78 is 5.71. The third-order valence-corrected chi connectivity index (χ3v) is 3.64. The molecule has 21 heavy (non-hydrogen) atoms. The lowest BCUT2D eigenvalue weighted by atomic mass is 10.0. The number of allylic oxidation sites excluding steroid dienone is 1. The van der Waals surface area contributed by atoms with Crippen LogP contribution in [0, 0.1) is 13.8 Å². The summed E-state index contributed by atoms with van der Waals surface area (Å²) in [6.07, 6.45) is 10.2. The summed E-state index contributed by atoms with van der Waals surface area (Å²) in [5.74, 6) is -0.0875. The van der Waals surface area contributed by atoms with Gasteiger partial charge in [0.05, 0.1) is 6.10 Å².